The minimum Gasteiger partial charge on any atom is -0.382 e. The zero-order valence-corrected chi connectivity index (χ0v) is 7.30. The fourth-order valence-electron chi connectivity index (χ4n) is 1.39. The highest BCUT2D eigenvalue weighted by atomic mass is 35.5. The molecular formula is C9H10ClNO. The van der Waals surface area contributed by atoms with Gasteiger partial charge in [0.25, 0.3) is 0 Å². The topological polar surface area (TPSA) is 32.3 Å². The minimum atomic E-state index is -0.738. The van der Waals surface area contributed by atoms with Gasteiger partial charge in [0, 0.05) is 23.7 Å². The lowest BCUT2D eigenvalue weighted by molar-refractivity contribution is -0.0145. The van der Waals surface area contributed by atoms with Crippen LogP contribution in [0, 0.1) is 0 Å². The second kappa shape index (κ2) is 2.73. The molecule has 1 fully saturated rings. The fourth-order valence-corrected chi connectivity index (χ4v) is 1.70. The summed E-state index contributed by atoms with van der Waals surface area (Å²) in [5.74, 6) is 0. The van der Waals surface area contributed by atoms with Crippen LogP contribution in [0.1, 0.15) is 5.56 Å². The predicted octanol–water partition coefficient (Wildman–Crippen LogP) is 1.13. The molecule has 0 bridgehead atoms. The number of benzene rings is 1. The Hall–Kier alpha value is -0.570. The van der Waals surface area contributed by atoms with Gasteiger partial charge in [0.2, 0.25) is 0 Å². The van der Waals surface area contributed by atoms with E-state index in [0.29, 0.717) is 18.1 Å². The quantitative estimate of drug-likeness (QED) is 0.684. The number of hydrogen-bond acceptors (Lipinski definition) is 2. The molecule has 2 rings (SSSR count). The zero-order valence-electron chi connectivity index (χ0n) is 6.55. The van der Waals surface area contributed by atoms with E-state index in [9.17, 15) is 5.11 Å². The van der Waals surface area contributed by atoms with Crippen molar-refractivity contribution in [2.75, 3.05) is 13.1 Å². The maximum absolute atomic E-state index is 9.92. The Bertz CT molecular complexity index is 296. The molecule has 0 spiro atoms. The van der Waals surface area contributed by atoms with Crippen molar-refractivity contribution >= 4 is 11.6 Å². The van der Waals surface area contributed by atoms with Crippen LogP contribution in [0.15, 0.2) is 24.3 Å². The van der Waals surface area contributed by atoms with Gasteiger partial charge >= 0.3 is 0 Å². The maximum atomic E-state index is 9.92. The molecule has 1 aromatic carbocycles. The van der Waals surface area contributed by atoms with Crippen molar-refractivity contribution in [1.82, 2.24) is 5.32 Å². The summed E-state index contributed by atoms with van der Waals surface area (Å²) in [6.45, 7) is 1.19. The molecular weight excluding hydrogens is 174 g/mol. The Labute approximate surface area is 76.2 Å². The molecule has 0 atom stereocenters. The first-order valence-corrected chi connectivity index (χ1v) is 4.28. The van der Waals surface area contributed by atoms with Crippen LogP contribution in [-0.4, -0.2) is 18.2 Å². The molecule has 0 unspecified atom stereocenters. The third kappa shape index (κ3) is 1.12. The predicted molar refractivity (Wildman–Crippen MR) is 48.2 cm³/mol. The van der Waals surface area contributed by atoms with Gasteiger partial charge in [-0.25, -0.2) is 0 Å². The summed E-state index contributed by atoms with van der Waals surface area (Å²) in [7, 11) is 0. The fraction of sp³-hybridized carbons (Fsp3) is 0.333. The van der Waals surface area contributed by atoms with Gasteiger partial charge in [-0.15, -0.1) is 0 Å². The first-order chi connectivity index (χ1) is 5.72. The monoisotopic (exact) mass is 183 g/mol. The Morgan fingerprint density at radius 3 is 2.50 bits per heavy atom. The normalized spacial score (nSPS) is 20.2. The van der Waals surface area contributed by atoms with Crippen LogP contribution >= 0.6 is 11.6 Å². The molecule has 0 aromatic heterocycles. The summed E-state index contributed by atoms with van der Waals surface area (Å²) in [5, 5.41) is 13.6. The van der Waals surface area contributed by atoms with Crippen LogP contribution in [-0.2, 0) is 5.60 Å². The number of β-amino-alcohol motifs (C(OH)–C–C–N with tert-alkyl or cyclic N) is 1. The van der Waals surface area contributed by atoms with Crippen LogP contribution in [0.4, 0.5) is 0 Å². The number of hydrogen-bond donors (Lipinski definition) is 2. The van der Waals surface area contributed by atoms with Crippen molar-refractivity contribution in [3.63, 3.8) is 0 Å². The SMILES string of the molecule is OC1(c2ccccc2Cl)CNC1. The van der Waals surface area contributed by atoms with Gasteiger partial charge in [0.15, 0.2) is 0 Å². The van der Waals surface area contributed by atoms with Crippen LogP contribution in [0.25, 0.3) is 0 Å². The van der Waals surface area contributed by atoms with Crippen LogP contribution in [0.5, 0.6) is 0 Å². The molecule has 1 aromatic rings. The standard InChI is InChI=1S/C9H10ClNO/c10-8-4-2-1-3-7(8)9(12)5-11-6-9/h1-4,11-12H,5-6H2. The van der Waals surface area contributed by atoms with Crippen molar-refractivity contribution in [2.24, 2.45) is 0 Å². The summed E-state index contributed by atoms with van der Waals surface area (Å²) in [6.07, 6.45) is 0. The molecule has 1 aliphatic heterocycles. The third-order valence-corrected chi connectivity index (χ3v) is 2.54. The van der Waals surface area contributed by atoms with Gasteiger partial charge in [0.1, 0.15) is 5.60 Å². The van der Waals surface area contributed by atoms with Gasteiger partial charge in [-0.3, -0.25) is 0 Å². The molecule has 1 heterocycles. The summed E-state index contributed by atoms with van der Waals surface area (Å²) >= 11 is 5.93. The molecule has 0 saturated carbocycles. The van der Waals surface area contributed by atoms with E-state index in [4.69, 9.17) is 11.6 Å². The van der Waals surface area contributed by atoms with E-state index < -0.39 is 5.60 Å². The highest BCUT2D eigenvalue weighted by Gasteiger charge is 2.37. The van der Waals surface area contributed by atoms with Crippen molar-refractivity contribution in [1.29, 1.82) is 0 Å². The summed E-state index contributed by atoms with van der Waals surface area (Å²) in [6, 6.07) is 7.41. The Balaban J connectivity index is 2.39. The van der Waals surface area contributed by atoms with Gasteiger partial charge in [0.05, 0.1) is 0 Å². The number of aliphatic hydroxyl groups is 1. The van der Waals surface area contributed by atoms with E-state index in [1.807, 2.05) is 18.2 Å². The summed E-state index contributed by atoms with van der Waals surface area (Å²) in [5.41, 5.74) is 0.0867. The highest BCUT2D eigenvalue weighted by molar-refractivity contribution is 6.31. The van der Waals surface area contributed by atoms with E-state index >= 15 is 0 Å². The van der Waals surface area contributed by atoms with E-state index in [1.165, 1.54) is 0 Å². The molecule has 3 heteroatoms. The molecule has 64 valence electrons. The zero-order chi connectivity index (χ0) is 8.60. The van der Waals surface area contributed by atoms with Crippen LogP contribution < -0.4 is 5.32 Å². The van der Waals surface area contributed by atoms with Gasteiger partial charge < -0.3 is 10.4 Å². The third-order valence-electron chi connectivity index (χ3n) is 2.21. The lowest BCUT2D eigenvalue weighted by Crippen LogP contribution is -2.56. The smallest absolute Gasteiger partial charge is 0.116 e. The minimum absolute atomic E-state index is 0.594. The maximum Gasteiger partial charge on any atom is 0.116 e. The van der Waals surface area contributed by atoms with E-state index in [2.05, 4.69) is 5.32 Å². The average molecular weight is 184 g/mol. The van der Waals surface area contributed by atoms with E-state index in [1.54, 1.807) is 6.07 Å². The second-order valence-electron chi connectivity index (χ2n) is 3.11. The first kappa shape index (κ1) is 8.05. The lowest BCUT2D eigenvalue weighted by atomic mass is 9.88. The van der Waals surface area contributed by atoms with Gasteiger partial charge in [-0.2, -0.15) is 0 Å². The lowest BCUT2D eigenvalue weighted by Gasteiger charge is -2.38. The van der Waals surface area contributed by atoms with Crippen molar-refractivity contribution < 1.29 is 5.11 Å². The van der Waals surface area contributed by atoms with Crippen molar-refractivity contribution in [3.05, 3.63) is 34.9 Å². The van der Waals surface area contributed by atoms with E-state index in [0.717, 1.165) is 5.56 Å². The molecule has 1 aliphatic rings. The molecule has 12 heavy (non-hydrogen) atoms. The van der Waals surface area contributed by atoms with Gasteiger partial charge in [-0.1, -0.05) is 29.8 Å². The molecule has 1 saturated heterocycles. The molecule has 2 N–H and O–H groups in total. The van der Waals surface area contributed by atoms with Gasteiger partial charge in [-0.05, 0) is 6.07 Å². The molecule has 0 radical (unpaired) electrons. The summed E-state index contributed by atoms with van der Waals surface area (Å²) in [4.78, 5) is 0. The Morgan fingerprint density at radius 1 is 1.33 bits per heavy atom. The number of nitrogens with one attached hydrogen (secondary N) is 1. The Kier molecular flexibility index (Phi) is 1.83. The molecule has 0 aliphatic carbocycles. The van der Waals surface area contributed by atoms with Crippen LogP contribution in [0.3, 0.4) is 0 Å². The van der Waals surface area contributed by atoms with Crippen LogP contribution in [0.2, 0.25) is 5.02 Å². The van der Waals surface area contributed by atoms with Crippen molar-refractivity contribution in [2.45, 2.75) is 5.60 Å². The second-order valence-corrected chi connectivity index (χ2v) is 3.52. The highest BCUT2D eigenvalue weighted by Crippen LogP contribution is 2.30. The summed E-state index contributed by atoms with van der Waals surface area (Å²) < 4.78 is 0. The largest absolute Gasteiger partial charge is 0.382 e. The van der Waals surface area contributed by atoms with E-state index in [-0.39, 0.29) is 0 Å². The molecule has 0 amide bonds. The Morgan fingerprint density at radius 2 is 2.00 bits per heavy atom. The number of halogens is 1. The molecule has 2 nitrogen and oxygen atoms in total. The number of rotatable bonds is 1. The average Bonchev–Trinajstić information content (AvgIpc) is 2.01. The first-order valence-electron chi connectivity index (χ1n) is 3.90. The van der Waals surface area contributed by atoms with Crippen molar-refractivity contribution in [3.8, 4) is 0 Å².